The number of anilines is 1. The maximum Gasteiger partial charge on any atom is 0.255 e. The Hall–Kier alpha value is -2.82. The van der Waals surface area contributed by atoms with Crippen LogP contribution in [0.15, 0.2) is 42.5 Å². The highest BCUT2D eigenvalue weighted by Crippen LogP contribution is 2.23. The molecule has 0 aliphatic carbocycles. The van der Waals surface area contributed by atoms with Crippen LogP contribution in [-0.2, 0) is 4.79 Å². The number of phenolic OH excluding ortho intramolecular Hbond substituents is 1. The number of carbonyl (C=O) groups excluding carboxylic acids is 2. The number of carbonyl (C=O) groups is 2. The van der Waals surface area contributed by atoms with Crippen molar-refractivity contribution in [3.63, 3.8) is 0 Å². The summed E-state index contributed by atoms with van der Waals surface area (Å²) in [4.78, 5) is 23.5. The van der Waals surface area contributed by atoms with Crippen LogP contribution in [-0.4, -0.2) is 16.9 Å². The van der Waals surface area contributed by atoms with Crippen LogP contribution in [0.5, 0.6) is 5.75 Å². The van der Waals surface area contributed by atoms with Crippen molar-refractivity contribution in [2.24, 2.45) is 0 Å². The number of rotatable bonds is 4. The Balaban J connectivity index is 2.20. The second-order valence-corrected chi connectivity index (χ2v) is 5.46. The summed E-state index contributed by atoms with van der Waals surface area (Å²) in [7, 11) is 0. The number of nitrogens with one attached hydrogen (secondary N) is 2. The second-order valence-electron chi connectivity index (χ2n) is 5.46. The van der Waals surface area contributed by atoms with Gasteiger partial charge in [0.05, 0.1) is 11.6 Å². The molecule has 0 fully saturated rings. The van der Waals surface area contributed by atoms with Crippen LogP contribution in [0.3, 0.4) is 0 Å². The van der Waals surface area contributed by atoms with Crippen LogP contribution < -0.4 is 10.6 Å². The summed E-state index contributed by atoms with van der Waals surface area (Å²) < 4.78 is 0. The lowest BCUT2D eigenvalue weighted by Gasteiger charge is -2.17. The Labute approximate surface area is 135 Å². The van der Waals surface area contributed by atoms with Crippen molar-refractivity contribution in [2.45, 2.75) is 26.8 Å². The molecule has 0 aromatic heterocycles. The van der Waals surface area contributed by atoms with E-state index in [2.05, 4.69) is 10.6 Å². The largest absolute Gasteiger partial charge is 0.507 e. The van der Waals surface area contributed by atoms with Crippen LogP contribution in [0.25, 0.3) is 0 Å². The molecule has 2 amide bonds. The van der Waals surface area contributed by atoms with Crippen LogP contribution in [0, 0.1) is 6.92 Å². The van der Waals surface area contributed by atoms with Crippen molar-refractivity contribution < 1.29 is 14.7 Å². The number of aryl methyl sites for hydroxylation is 1. The highest BCUT2D eigenvalue weighted by Gasteiger charge is 2.16. The lowest BCUT2D eigenvalue weighted by atomic mass is 10.0. The Kier molecular flexibility index (Phi) is 5.01. The number of benzene rings is 2. The van der Waals surface area contributed by atoms with Gasteiger partial charge in [0.15, 0.2) is 0 Å². The summed E-state index contributed by atoms with van der Waals surface area (Å²) in [6.45, 7) is 5.24. The van der Waals surface area contributed by atoms with Gasteiger partial charge in [0.1, 0.15) is 5.75 Å². The number of aromatic hydroxyl groups is 1. The SMILES string of the molecule is CC(=O)Nc1ccc(O)c(C(=O)NC(C)c2ccccc2C)c1. The standard InChI is InChI=1S/C18H20N2O3/c1-11-6-4-5-7-15(11)12(2)19-18(23)16-10-14(20-13(3)21)8-9-17(16)22/h4-10,12,22H,1-3H3,(H,19,23)(H,20,21). The summed E-state index contributed by atoms with van der Waals surface area (Å²) in [5.41, 5.74) is 2.68. The van der Waals surface area contributed by atoms with Crippen molar-refractivity contribution in [1.82, 2.24) is 5.32 Å². The van der Waals surface area contributed by atoms with E-state index in [9.17, 15) is 14.7 Å². The first kappa shape index (κ1) is 16.5. The third-order valence-electron chi connectivity index (χ3n) is 3.56. The molecule has 0 aliphatic rings. The fraction of sp³-hybridized carbons (Fsp3) is 0.222. The van der Waals surface area contributed by atoms with Crippen molar-refractivity contribution in [2.75, 3.05) is 5.32 Å². The molecule has 5 nitrogen and oxygen atoms in total. The fourth-order valence-electron chi connectivity index (χ4n) is 2.42. The van der Waals surface area contributed by atoms with Crippen LogP contribution in [0.4, 0.5) is 5.69 Å². The molecule has 5 heteroatoms. The highest BCUT2D eigenvalue weighted by molar-refractivity contribution is 5.99. The third-order valence-corrected chi connectivity index (χ3v) is 3.56. The highest BCUT2D eigenvalue weighted by atomic mass is 16.3. The molecular formula is C18H20N2O3. The topological polar surface area (TPSA) is 78.4 Å². The molecule has 0 saturated heterocycles. The first-order valence-corrected chi connectivity index (χ1v) is 7.35. The Morgan fingerprint density at radius 1 is 1.13 bits per heavy atom. The average Bonchev–Trinajstić information content (AvgIpc) is 2.49. The molecule has 0 bridgehead atoms. The molecule has 1 unspecified atom stereocenters. The Morgan fingerprint density at radius 3 is 2.48 bits per heavy atom. The monoisotopic (exact) mass is 312 g/mol. The quantitative estimate of drug-likeness (QED) is 0.759. The van der Waals surface area contributed by atoms with Crippen molar-refractivity contribution in [1.29, 1.82) is 0 Å². The molecule has 1 atom stereocenters. The minimum Gasteiger partial charge on any atom is -0.507 e. The van der Waals surface area contributed by atoms with Gasteiger partial charge in [0.2, 0.25) is 5.91 Å². The molecule has 0 aliphatic heterocycles. The minimum atomic E-state index is -0.398. The Morgan fingerprint density at radius 2 is 1.83 bits per heavy atom. The van der Waals surface area contributed by atoms with E-state index in [0.717, 1.165) is 11.1 Å². The van der Waals surface area contributed by atoms with Gasteiger partial charge in [0, 0.05) is 12.6 Å². The zero-order valence-electron chi connectivity index (χ0n) is 13.4. The van der Waals surface area contributed by atoms with Gasteiger partial charge in [-0.1, -0.05) is 24.3 Å². The zero-order valence-corrected chi connectivity index (χ0v) is 13.4. The number of phenols is 1. The van der Waals surface area contributed by atoms with Gasteiger partial charge < -0.3 is 15.7 Å². The Bertz CT molecular complexity index is 741. The molecule has 120 valence electrons. The summed E-state index contributed by atoms with van der Waals surface area (Å²) >= 11 is 0. The molecule has 2 aromatic rings. The average molecular weight is 312 g/mol. The first-order chi connectivity index (χ1) is 10.9. The van der Waals surface area contributed by atoms with Crippen molar-refractivity contribution in [3.8, 4) is 5.75 Å². The molecule has 0 spiro atoms. The van der Waals surface area contributed by atoms with Gasteiger partial charge in [-0.25, -0.2) is 0 Å². The lowest BCUT2D eigenvalue weighted by Crippen LogP contribution is -2.27. The number of hydrogen-bond donors (Lipinski definition) is 3. The molecule has 0 saturated carbocycles. The summed E-state index contributed by atoms with van der Waals surface area (Å²) in [5, 5.41) is 15.4. The van der Waals surface area contributed by atoms with E-state index in [1.807, 2.05) is 38.1 Å². The molecule has 23 heavy (non-hydrogen) atoms. The third kappa shape index (κ3) is 4.10. The lowest BCUT2D eigenvalue weighted by molar-refractivity contribution is -0.114. The van der Waals surface area contributed by atoms with E-state index >= 15 is 0 Å². The number of amides is 2. The van der Waals surface area contributed by atoms with Gasteiger partial charge in [-0.2, -0.15) is 0 Å². The van der Waals surface area contributed by atoms with E-state index in [4.69, 9.17) is 0 Å². The molecule has 3 N–H and O–H groups in total. The minimum absolute atomic E-state index is 0.122. The van der Waals surface area contributed by atoms with Gasteiger partial charge in [0.25, 0.3) is 5.91 Å². The molecule has 0 radical (unpaired) electrons. The van der Waals surface area contributed by atoms with Crippen LogP contribution in [0.2, 0.25) is 0 Å². The maximum absolute atomic E-state index is 12.4. The molecular weight excluding hydrogens is 292 g/mol. The predicted molar refractivity (Wildman–Crippen MR) is 89.5 cm³/mol. The van der Waals surface area contributed by atoms with Crippen molar-refractivity contribution in [3.05, 3.63) is 59.2 Å². The molecule has 2 rings (SSSR count). The summed E-state index contributed by atoms with van der Waals surface area (Å²) in [6, 6.07) is 12.0. The predicted octanol–water partition coefficient (Wildman–Crippen LogP) is 3.15. The van der Waals surface area contributed by atoms with E-state index in [1.165, 1.54) is 25.1 Å². The smallest absolute Gasteiger partial charge is 0.255 e. The normalized spacial score (nSPS) is 11.6. The van der Waals surface area contributed by atoms with Gasteiger partial charge in [-0.05, 0) is 43.2 Å². The fourth-order valence-corrected chi connectivity index (χ4v) is 2.42. The first-order valence-electron chi connectivity index (χ1n) is 7.35. The molecule has 0 heterocycles. The number of hydrogen-bond acceptors (Lipinski definition) is 3. The van der Waals surface area contributed by atoms with E-state index in [-0.39, 0.29) is 23.3 Å². The van der Waals surface area contributed by atoms with E-state index in [1.54, 1.807) is 0 Å². The van der Waals surface area contributed by atoms with Crippen LogP contribution in [0.1, 0.15) is 41.4 Å². The maximum atomic E-state index is 12.4. The van der Waals surface area contributed by atoms with Gasteiger partial charge >= 0.3 is 0 Å². The van der Waals surface area contributed by atoms with Gasteiger partial charge in [-0.15, -0.1) is 0 Å². The summed E-state index contributed by atoms with van der Waals surface area (Å²) in [6.07, 6.45) is 0. The van der Waals surface area contributed by atoms with E-state index < -0.39 is 5.91 Å². The molecule has 2 aromatic carbocycles. The summed E-state index contributed by atoms with van der Waals surface area (Å²) in [5.74, 6) is -0.769. The zero-order chi connectivity index (χ0) is 17.0. The van der Waals surface area contributed by atoms with E-state index in [0.29, 0.717) is 5.69 Å². The van der Waals surface area contributed by atoms with Crippen LogP contribution >= 0.6 is 0 Å². The second kappa shape index (κ2) is 6.96. The van der Waals surface area contributed by atoms with Gasteiger partial charge in [-0.3, -0.25) is 9.59 Å². The van der Waals surface area contributed by atoms with Crippen molar-refractivity contribution >= 4 is 17.5 Å².